The average molecular weight is 315 g/mol. The van der Waals surface area contributed by atoms with Crippen LogP contribution in [0.2, 0.25) is 0 Å². The number of aryl methyl sites for hydroxylation is 2. The second-order valence-corrected chi connectivity index (χ2v) is 5.28. The largest absolute Gasteiger partial charge is 0.483 e. The van der Waals surface area contributed by atoms with Crippen LogP contribution in [0.15, 0.2) is 41.3 Å². The number of amides is 1. The maximum atomic E-state index is 11.8. The van der Waals surface area contributed by atoms with E-state index >= 15 is 0 Å². The van der Waals surface area contributed by atoms with E-state index in [-0.39, 0.29) is 18.1 Å². The molecule has 2 aromatic rings. The van der Waals surface area contributed by atoms with Crippen molar-refractivity contribution < 1.29 is 9.53 Å². The quantitative estimate of drug-likeness (QED) is 0.785. The molecule has 1 aromatic heterocycles. The Balaban J connectivity index is 1.70. The van der Waals surface area contributed by atoms with Gasteiger partial charge in [-0.25, -0.2) is 4.68 Å². The van der Waals surface area contributed by atoms with Gasteiger partial charge in [0.1, 0.15) is 5.75 Å². The summed E-state index contributed by atoms with van der Waals surface area (Å²) in [6, 6.07) is 8.82. The summed E-state index contributed by atoms with van der Waals surface area (Å²) in [6.07, 6.45) is 2.20. The lowest BCUT2D eigenvalue weighted by Gasteiger charge is -2.11. The smallest absolute Gasteiger partial charge is 0.266 e. The van der Waals surface area contributed by atoms with Crippen molar-refractivity contribution in [3.8, 4) is 5.75 Å². The molecule has 0 aliphatic heterocycles. The maximum Gasteiger partial charge on any atom is 0.266 e. The number of nitrogens with zero attached hydrogens (tertiary/aromatic N) is 2. The van der Waals surface area contributed by atoms with Gasteiger partial charge in [0.25, 0.3) is 11.5 Å². The minimum Gasteiger partial charge on any atom is -0.483 e. The Labute approximate surface area is 135 Å². The molecule has 0 saturated carbocycles. The molecule has 0 unspecified atom stereocenters. The molecule has 1 heterocycles. The fraction of sp³-hybridized carbons (Fsp3) is 0.353. The molecule has 0 spiro atoms. The van der Waals surface area contributed by atoms with Crippen LogP contribution in [0.1, 0.15) is 17.5 Å². The fourth-order valence-electron chi connectivity index (χ4n) is 2.09. The Bertz CT molecular complexity index is 725. The fourth-order valence-corrected chi connectivity index (χ4v) is 2.09. The van der Waals surface area contributed by atoms with E-state index < -0.39 is 0 Å². The lowest BCUT2D eigenvalue weighted by molar-refractivity contribution is -0.123. The number of hydrogen-bond donors (Lipinski definition) is 1. The Kier molecular flexibility index (Phi) is 5.91. The zero-order valence-corrected chi connectivity index (χ0v) is 13.4. The van der Waals surface area contributed by atoms with Crippen molar-refractivity contribution in [2.45, 2.75) is 26.8 Å². The summed E-state index contributed by atoms with van der Waals surface area (Å²) >= 11 is 0. The third-order valence-electron chi connectivity index (χ3n) is 3.57. The molecule has 0 aliphatic rings. The number of nitrogens with one attached hydrogen (secondary N) is 1. The predicted molar refractivity (Wildman–Crippen MR) is 87.5 cm³/mol. The molecule has 0 bridgehead atoms. The predicted octanol–water partition coefficient (Wildman–Crippen LogP) is 1.45. The minimum atomic E-state index is -0.181. The van der Waals surface area contributed by atoms with Gasteiger partial charge in [-0.2, -0.15) is 5.10 Å². The average Bonchev–Trinajstić information content (AvgIpc) is 2.54. The van der Waals surface area contributed by atoms with E-state index in [1.807, 2.05) is 32.0 Å². The molecule has 0 aliphatic carbocycles. The Morgan fingerprint density at radius 1 is 1.26 bits per heavy atom. The molecule has 6 nitrogen and oxygen atoms in total. The number of carbonyl (C=O) groups is 1. The van der Waals surface area contributed by atoms with Gasteiger partial charge >= 0.3 is 0 Å². The molecule has 1 aromatic carbocycles. The maximum absolute atomic E-state index is 11.8. The molecule has 0 radical (unpaired) electrons. The SMILES string of the molecule is Cc1cccc(OCC(=O)NCCCn2ncccc2=O)c1C. The second kappa shape index (κ2) is 8.12. The van der Waals surface area contributed by atoms with Gasteiger partial charge in [-0.05, 0) is 43.5 Å². The molecule has 0 fully saturated rings. The van der Waals surface area contributed by atoms with Crippen molar-refractivity contribution in [3.63, 3.8) is 0 Å². The Morgan fingerprint density at radius 2 is 2.09 bits per heavy atom. The van der Waals surface area contributed by atoms with Crippen LogP contribution in [0.25, 0.3) is 0 Å². The first-order valence-corrected chi connectivity index (χ1v) is 7.56. The summed E-state index contributed by atoms with van der Waals surface area (Å²) in [6.45, 7) is 4.89. The van der Waals surface area contributed by atoms with Crippen LogP contribution >= 0.6 is 0 Å². The van der Waals surface area contributed by atoms with E-state index in [2.05, 4.69) is 10.4 Å². The molecule has 122 valence electrons. The van der Waals surface area contributed by atoms with E-state index in [1.54, 1.807) is 12.3 Å². The van der Waals surface area contributed by atoms with E-state index in [0.29, 0.717) is 19.5 Å². The monoisotopic (exact) mass is 315 g/mol. The standard InChI is InChI=1S/C17H21N3O3/c1-13-6-3-7-15(14(13)2)23-12-16(21)18-9-5-11-20-17(22)8-4-10-19-20/h3-4,6-8,10H,5,9,11-12H2,1-2H3,(H,18,21). The zero-order chi connectivity index (χ0) is 16.7. The number of aromatic nitrogens is 2. The highest BCUT2D eigenvalue weighted by Gasteiger charge is 2.05. The number of carbonyl (C=O) groups excluding carboxylic acids is 1. The third-order valence-corrected chi connectivity index (χ3v) is 3.57. The first-order chi connectivity index (χ1) is 11.1. The summed E-state index contributed by atoms with van der Waals surface area (Å²) in [5.74, 6) is 0.541. The summed E-state index contributed by atoms with van der Waals surface area (Å²) in [4.78, 5) is 23.2. The van der Waals surface area contributed by atoms with Crippen LogP contribution in [0, 0.1) is 13.8 Å². The first kappa shape index (κ1) is 16.7. The van der Waals surface area contributed by atoms with Crippen molar-refractivity contribution in [3.05, 3.63) is 58.0 Å². The van der Waals surface area contributed by atoms with E-state index in [0.717, 1.165) is 16.9 Å². The normalized spacial score (nSPS) is 10.3. The van der Waals surface area contributed by atoms with Gasteiger partial charge in [0.15, 0.2) is 6.61 Å². The van der Waals surface area contributed by atoms with Crippen LogP contribution in [0.5, 0.6) is 5.75 Å². The number of rotatable bonds is 7. The molecular formula is C17H21N3O3. The Hall–Kier alpha value is -2.63. The lowest BCUT2D eigenvalue weighted by Crippen LogP contribution is -2.31. The van der Waals surface area contributed by atoms with Gasteiger partial charge in [0.05, 0.1) is 0 Å². The summed E-state index contributed by atoms with van der Waals surface area (Å²) in [5, 5.41) is 6.73. The van der Waals surface area contributed by atoms with Crippen molar-refractivity contribution in [1.82, 2.24) is 15.1 Å². The topological polar surface area (TPSA) is 73.2 Å². The highest BCUT2D eigenvalue weighted by Crippen LogP contribution is 2.20. The number of ether oxygens (including phenoxy) is 1. The van der Waals surface area contributed by atoms with E-state index in [1.165, 1.54) is 10.7 Å². The lowest BCUT2D eigenvalue weighted by atomic mass is 10.1. The van der Waals surface area contributed by atoms with Crippen molar-refractivity contribution in [2.24, 2.45) is 0 Å². The molecule has 2 rings (SSSR count). The third kappa shape index (κ3) is 4.95. The minimum absolute atomic E-state index is 0.0200. The van der Waals surface area contributed by atoms with E-state index in [9.17, 15) is 9.59 Å². The van der Waals surface area contributed by atoms with Gasteiger partial charge in [-0.15, -0.1) is 0 Å². The molecular weight excluding hydrogens is 294 g/mol. The van der Waals surface area contributed by atoms with Gasteiger partial charge in [-0.1, -0.05) is 12.1 Å². The number of benzene rings is 1. The van der Waals surface area contributed by atoms with Crippen LogP contribution in [-0.2, 0) is 11.3 Å². The molecule has 1 amide bonds. The van der Waals surface area contributed by atoms with Crippen molar-refractivity contribution in [1.29, 1.82) is 0 Å². The molecule has 0 saturated heterocycles. The summed E-state index contributed by atoms with van der Waals surface area (Å²) < 4.78 is 6.91. The Morgan fingerprint density at radius 3 is 2.87 bits per heavy atom. The summed E-state index contributed by atoms with van der Waals surface area (Å²) in [5.41, 5.74) is 2.02. The zero-order valence-electron chi connectivity index (χ0n) is 13.4. The van der Waals surface area contributed by atoms with Crippen LogP contribution in [-0.4, -0.2) is 28.8 Å². The molecule has 1 N–H and O–H groups in total. The first-order valence-electron chi connectivity index (χ1n) is 7.56. The molecule has 0 atom stereocenters. The van der Waals surface area contributed by atoms with Gasteiger partial charge in [0.2, 0.25) is 0 Å². The summed E-state index contributed by atoms with van der Waals surface area (Å²) in [7, 11) is 0. The highest BCUT2D eigenvalue weighted by atomic mass is 16.5. The van der Waals surface area contributed by atoms with Crippen molar-refractivity contribution in [2.75, 3.05) is 13.2 Å². The van der Waals surface area contributed by atoms with Gasteiger partial charge < -0.3 is 10.1 Å². The van der Waals surface area contributed by atoms with Gasteiger partial charge in [0, 0.05) is 25.4 Å². The van der Waals surface area contributed by atoms with Crippen molar-refractivity contribution >= 4 is 5.91 Å². The van der Waals surface area contributed by atoms with Crippen LogP contribution < -0.4 is 15.6 Å². The van der Waals surface area contributed by atoms with Gasteiger partial charge in [-0.3, -0.25) is 9.59 Å². The molecule has 23 heavy (non-hydrogen) atoms. The molecule has 6 heteroatoms. The highest BCUT2D eigenvalue weighted by molar-refractivity contribution is 5.77. The van der Waals surface area contributed by atoms with Crippen LogP contribution in [0.4, 0.5) is 0 Å². The number of hydrogen-bond acceptors (Lipinski definition) is 4. The van der Waals surface area contributed by atoms with E-state index in [4.69, 9.17) is 4.74 Å². The second-order valence-electron chi connectivity index (χ2n) is 5.28. The van der Waals surface area contributed by atoms with Crippen LogP contribution in [0.3, 0.4) is 0 Å².